The maximum Gasteiger partial charge on any atom is 0.321 e. The number of pyridine rings is 1. The van der Waals surface area contributed by atoms with Crippen molar-refractivity contribution in [3.05, 3.63) is 42.1 Å². The van der Waals surface area contributed by atoms with Gasteiger partial charge in [-0.2, -0.15) is 4.40 Å². The highest BCUT2D eigenvalue weighted by atomic mass is 32.2. The molecule has 2 aromatic heterocycles. The highest BCUT2D eigenvalue weighted by molar-refractivity contribution is 7.99. The number of rotatable bonds is 7. The van der Waals surface area contributed by atoms with Gasteiger partial charge in [-0.25, -0.2) is 9.78 Å². The second-order valence-corrected chi connectivity index (χ2v) is 10.7. The van der Waals surface area contributed by atoms with Crippen LogP contribution < -0.4 is 10.6 Å². The third kappa shape index (κ3) is 5.27. The summed E-state index contributed by atoms with van der Waals surface area (Å²) >= 11 is 2.93. The second-order valence-electron chi connectivity index (χ2n) is 8.87. The van der Waals surface area contributed by atoms with Crippen molar-refractivity contribution in [3.8, 4) is 11.3 Å². The molecule has 0 aliphatic carbocycles. The number of piperidine rings is 1. The van der Waals surface area contributed by atoms with Gasteiger partial charge >= 0.3 is 12.0 Å². The number of thiazole rings is 1. The van der Waals surface area contributed by atoms with Gasteiger partial charge in [0.05, 0.1) is 21.8 Å². The van der Waals surface area contributed by atoms with E-state index in [2.05, 4.69) is 38.4 Å². The average Bonchev–Trinajstić information content (AvgIpc) is 3.52. The minimum absolute atomic E-state index is 0.0224. The van der Waals surface area contributed by atoms with E-state index in [0.29, 0.717) is 24.5 Å². The number of carbonyl (C=O) groups excluding carboxylic acids is 1. The molecule has 0 bridgehead atoms. The Morgan fingerprint density at radius 2 is 2.00 bits per heavy atom. The Hall–Kier alpha value is -3.22. The summed E-state index contributed by atoms with van der Waals surface area (Å²) < 4.78 is 5.81. The quantitative estimate of drug-likeness (QED) is 0.380. The van der Waals surface area contributed by atoms with Crippen molar-refractivity contribution in [1.82, 2.24) is 25.1 Å². The van der Waals surface area contributed by atoms with E-state index in [-0.39, 0.29) is 17.4 Å². The number of hydrogen-bond acceptors (Lipinski definition) is 9. The molecule has 10 nitrogen and oxygen atoms in total. The van der Waals surface area contributed by atoms with Crippen LogP contribution in [0.15, 0.2) is 40.9 Å². The first-order chi connectivity index (χ1) is 18.0. The molecule has 5 rings (SSSR count). The summed E-state index contributed by atoms with van der Waals surface area (Å²) in [7, 11) is 0. The number of carbonyl (C=O) groups is 2. The van der Waals surface area contributed by atoms with Gasteiger partial charge in [0.15, 0.2) is 10.6 Å². The Morgan fingerprint density at radius 1 is 1.19 bits per heavy atom. The average molecular weight is 540 g/mol. The van der Waals surface area contributed by atoms with E-state index in [1.165, 1.54) is 23.3 Å². The van der Waals surface area contributed by atoms with Crippen molar-refractivity contribution < 1.29 is 14.7 Å². The molecule has 1 fully saturated rings. The Balaban J connectivity index is 1.47. The van der Waals surface area contributed by atoms with Crippen LogP contribution in [0, 0.1) is 5.92 Å². The zero-order chi connectivity index (χ0) is 25.9. The number of carboxylic acid groups (broad SMARTS) is 1. The first-order valence-corrected chi connectivity index (χ1v) is 14.0. The van der Waals surface area contributed by atoms with Gasteiger partial charge in [-0.15, -0.1) is 0 Å². The van der Waals surface area contributed by atoms with Crippen molar-refractivity contribution >= 4 is 56.5 Å². The van der Waals surface area contributed by atoms with Gasteiger partial charge in [-0.3, -0.25) is 20.0 Å². The highest BCUT2D eigenvalue weighted by Crippen LogP contribution is 2.39. The summed E-state index contributed by atoms with van der Waals surface area (Å²) in [4.78, 5) is 37.4. The topological polar surface area (TPSA) is 123 Å². The number of aromatic nitrogens is 2. The molecule has 37 heavy (non-hydrogen) atoms. The zero-order valence-electron chi connectivity index (χ0n) is 20.7. The number of urea groups is 1. The van der Waals surface area contributed by atoms with E-state index in [1.54, 1.807) is 6.20 Å². The predicted octanol–water partition coefficient (Wildman–Crippen LogP) is 4.31. The van der Waals surface area contributed by atoms with E-state index >= 15 is 0 Å². The lowest BCUT2D eigenvalue weighted by molar-refractivity contribution is -0.143. The number of fused-ring (bicyclic) bond motifs is 1. The molecule has 3 aromatic rings. The number of likely N-dealkylation sites (tertiary alicyclic amines) is 1. The SMILES string of the molecule is CCNC(=O)Nc1nc2cc(C3=NSC(N4CCC(C(=O)O)CC4)N3CC)cc(-c3ccccn3)c2s1. The monoisotopic (exact) mass is 539 g/mol. The van der Waals surface area contributed by atoms with Gasteiger partial charge in [0, 0.05) is 55.5 Å². The number of benzene rings is 1. The minimum Gasteiger partial charge on any atom is -0.481 e. The molecule has 2 aliphatic rings. The Labute approximate surface area is 223 Å². The van der Waals surface area contributed by atoms with E-state index in [0.717, 1.165) is 52.5 Å². The lowest BCUT2D eigenvalue weighted by Crippen LogP contribution is -2.49. The van der Waals surface area contributed by atoms with Crippen LogP contribution in [0.3, 0.4) is 0 Å². The Bertz CT molecular complexity index is 1320. The largest absolute Gasteiger partial charge is 0.481 e. The molecular weight excluding hydrogens is 510 g/mol. The molecule has 1 atom stereocenters. The fourth-order valence-electron chi connectivity index (χ4n) is 4.70. The normalized spacial score (nSPS) is 18.7. The van der Waals surface area contributed by atoms with Crippen molar-refractivity contribution in [3.63, 3.8) is 0 Å². The number of amides is 2. The molecule has 12 heteroatoms. The van der Waals surface area contributed by atoms with Crippen molar-refractivity contribution in [2.24, 2.45) is 10.3 Å². The number of amidine groups is 1. The van der Waals surface area contributed by atoms with Crippen LogP contribution in [0.5, 0.6) is 0 Å². The Kier molecular flexibility index (Phi) is 7.58. The fourth-order valence-corrected chi connectivity index (χ4v) is 6.77. The number of anilines is 1. The van der Waals surface area contributed by atoms with E-state index in [4.69, 9.17) is 9.38 Å². The third-order valence-electron chi connectivity index (χ3n) is 6.55. The van der Waals surface area contributed by atoms with Crippen molar-refractivity contribution in [1.29, 1.82) is 0 Å². The van der Waals surface area contributed by atoms with Gasteiger partial charge in [0.2, 0.25) is 0 Å². The van der Waals surface area contributed by atoms with Crippen LogP contribution in [0.2, 0.25) is 0 Å². The van der Waals surface area contributed by atoms with E-state index < -0.39 is 5.97 Å². The lowest BCUT2D eigenvalue weighted by atomic mass is 9.97. The summed E-state index contributed by atoms with van der Waals surface area (Å²) in [5.74, 6) is -0.112. The molecule has 3 N–H and O–H groups in total. The fraction of sp³-hybridized carbons (Fsp3) is 0.400. The van der Waals surface area contributed by atoms with Gasteiger partial charge in [-0.1, -0.05) is 17.4 Å². The minimum atomic E-state index is -0.706. The molecule has 2 aliphatic heterocycles. The number of nitrogens with one attached hydrogen (secondary N) is 2. The number of hydrogen-bond donors (Lipinski definition) is 3. The maximum absolute atomic E-state index is 12.1. The Morgan fingerprint density at radius 3 is 2.68 bits per heavy atom. The van der Waals surface area contributed by atoms with Crippen LogP contribution in [-0.2, 0) is 4.79 Å². The number of carboxylic acids is 1. The molecular formula is C25H29N7O3S2. The lowest BCUT2D eigenvalue weighted by Gasteiger charge is -2.38. The standard InChI is InChI=1S/C25H29N7O3S2/c1-3-26-23(35)29-24-28-19-14-16(13-17(20(19)36-24)18-7-5-6-10-27-18)21-30-37-25(32(21)4-2)31-11-8-15(9-12-31)22(33)34/h5-7,10,13-15,25H,3-4,8-9,11-12H2,1-2H3,(H,33,34)(H2,26,28,29,35). The summed E-state index contributed by atoms with van der Waals surface area (Å²) in [6.07, 6.45) is 3.06. The number of aliphatic carboxylic acids is 1. The summed E-state index contributed by atoms with van der Waals surface area (Å²) in [6, 6.07) is 9.63. The third-order valence-corrected chi connectivity index (χ3v) is 8.59. The van der Waals surface area contributed by atoms with Gasteiger partial charge < -0.3 is 15.3 Å². The first-order valence-electron chi connectivity index (χ1n) is 12.4. The van der Waals surface area contributed by atoms with Gasteiger partial charge in [0.25, 0.3) is 0 Å². The van der Waals surface area contributed by atoms with E-state index in [9.17, 15) is 14.7 Å². The van der Waals surface area contributed by atoms with Crippen LogP contribution in [0.4, 0.5) is 9.93 Å². The molecule has 1 aromatic carbocycles. The molecule has 1 saturated heterocycles. The van der Waals surface area contributed by atoms with Crippen molar-refractivity contribution in [2.75, 3.05) is 31.5 Å². The second kappa shape index (κ2) is 11.0. The van der Waals surface area contributed by atoms with Crippen LogP contribution in [0.25, 0.3) is 21.5 Å². The molecule has 1 unspecified atom stereocenters. The number of nitrogens with zero attached hydrogens (tertiary/aromatic N) is 5. The molecule has 194 valence electrons. The molecule has 0 radical (unpaired) electrons. The van der Waals surface area contributed by atoms with Crippen LogP contribution >= 0.6 is 23.3 Å². The molecule has 2 amide bonds. The van der Waals surface area contributed by atoms with Gasteiger partial charge in [-0.05, 0) is 51.0 Å². The smallest absolute Gasteiger partial charge is 0.321 e. The summed E-state index contributed by atoms with van der Waals surface area (Å²) in [5.41, 5.74) is 3.48. The maximum atomic E-state index is 12.1. The van der Waals surface area contributed by atoms with Crippen LogP contribution in [-0.4, -0.2) is 74.4 Å². The van der Waals surface area contributed by atoms with Crippen molar-refractivity contribution in [2.45, 2.75) is 32.2 Å². The zero-order valence-corrected chi connectivity index (χ0v) is 22.3. The molecule has 0 spiro atoms. The summed E-state index contributed by atoms with van der Waals surface area (Å²) in [6.45, 7) is 6.71. The van der Waals surface area contributed by atoms with Crippen LogP contribution in [0.1, 0.15) is 32.3 Å². The van der Waals surface area contributed by atoms with Gasteiger partial charge in [0.1, 0.15) is 5.84 Å². The predicted molar refractivity (Wildman–Crippen MR) is 148 cm³/mol. The highest BCUT2D eigenvalue weighted by Gasteiger charge is 2.36. The first kappa shape index (κ1) is 25.4. The summed E-state index contributed by atoms with van der Waals surface area (Å²) in [5, 5.41) is 15.4. The molecule has 4 heterocycles. The van der Waals surface area contributed by atoms with E-state index in [1.807, 2.05) is 31.2 Å². The molecule has 0 saturated carbocycles.